The molecule has 0 fully saturated rings. The van der Waals surface area contributed by atoms with E-state index in [2.05, 4.69) is 21.1 Å². The van der Waals surface area contributed by atoms with Gasteiger partial charge >= 0.3 is 0 Å². The Kier molecular flexibility index (Phi) is 1.62. The normalized spacial score (nSPS) is 10.7. The highest BCUT2D eigenvalue weighted by Crippen LogP contribution is 2.29. The maximum absolute atomic E-state index is 5.85. The lowest BCUT2D eigenvalue weighted by Crippen LogP contribution is -1.68. The van der Waals surface area contributed by atoms with Crippen LogP contribution < -0.4 is 0 Å². The Hall–Kier alpha value is -0.540. The molecular formula is C7H3BrClNO. The SMILES string of the molecule is Clc1ccc(Br)c2oncc12. The van der Waals surface area contributed by atoms with Crippen LogP contribution in [0.2, 0.25) is 5.02 Å². The van der Waals surface area contributed by atoms with Crippen molar-refractivity contribution in [3.8, 4) is 0 Å². The van der Waals surface area contributed by atoms with E-state index in [1.54, 1.807) is 12.3 Å². The third-order valence-electron chi connectivity index (χ3n) is 1.42. The minimum Gasteiger partial charge on any atom is -0.355 e. The van der Waals surface area contributed by atoms with Crippen LogP contribution >= 0.6 is 27.5 Å². The molecule has 1 heterocycles. The second kappa shape index (κ2) is 2.50. The van der Waals surface area contributed by atoms with Gasteiger partial charge in [-0.2, -0.15) is 0 Å². The lowest BCUT2D eigenvalue weighted by atomic mass is 10.3. The van der Waals surface area contributed by atoms with E-state index in [1.807, 2.05) is 6.07 Å². The maximum atomic E-state index is 5.85. The molecule has 11 heavy (non-hydrogen) atoms. The van der Waals surface area contributed by atoms with Gasteiger partial charge in [0.15, 0.2) is 5.58 Å². The van der Waals surface area contributed by atoms with Crippen LogP contribution in [0.15, 0.2) is 27.3 Å². The molecule has 2 aromatic rings. The summed E-state index contributed by atoms with van der Waals surface area (Å²) in [6.45, 7) is 0. The average molecular weight is 232 g/mol. The molecule has 56 valence electrons. The molecule has 0 saturated carbocycles. The van der Waals surface area contributed by atoms with Crippen LogP contribution in [0.4, 0.5) is 0 Å². The zero-order valence-electron chi connectivity index (χ0n) is 5.34. The molecule has 2 rings (SSSR count). The summed E-state index contributed by atoms with van der Waals surface area (Å²) in [6.07, 6.45) is 1.60. The van der Waals surface area contributed by atoms with Gasteiger partial charge in [-0.05, 0) is 28.1 Å². The van der Waals surface area contributed by atoms with Crippen molar-refractivity contribution in [3.05, 3.63) is 27.8 Å². The van der Waals surface area contributed by atoms with Gasteiger partial charge in [0.25, 0.3) is 0 Å². The molecule has 0 radical (unpaired) electrons. The molecule has 1 aromatic heterocycles. The van der Waals surface area contributed by atoms with Gasteiger partial charge in [0, 0.05) is 0 Å². The Labute approximate surface area is 76.2 Å². The first kappa shape index (κ1) is 7.13. The van der Waals surface area contributed by atoms with E-state index in [0.29, 0.717) is 10.6 Å². The molecule has 0 unspecified atom stereocenters. The number of rotatable bonds is 0. The van der Waals surface area contributed by atoms with E-state index in [9.17, 15) is 0 Å². The van der Waals surface area contributed by atoms with Crippen molar-refractivity contribution in [2.75, 3.05) is 0 Å². The molecule has 2 nitrogen and oxygen atoms in total. The van der Waals surface area contributed by atoms with Gasteiger partial charge in [-0.25, -0.2) is 0 Å². The summed E-state index contributed by atoms with van der Waals surface area (Å²) < 4.78 is 5.82. The van der Waals surface area contributed by atoms with Gasteiger partial charge in [0.2, 0.25) is 0 Å². The summed E-state index contributed by atoms with van der Waals surface area (Å²) in [4.78, 5) is 0. The summed E-state index contributed by atoms with van der Waals surface area (Å²) >= 11 is 9.17. The van der Waals surface area contributed by atoms with Crippen LogP contribution in [0.3, 0.4) is 0 Å². The van der Waals surface area contributed by atoms with E-state index in [4.69, 9.17) is 16.1 Å². The van der Waals surface area contributed by atoms with Crippen molar-refractivity contribution in [2.45, 2.75) is 0 Å². The molecule has 0 spiro atoms. The molecule has 0 aliphatic carbocycles. The maximum Gasteiger partial charge on any atom is 0.182 e. The number of aromatic nitrogens is 1. The van der Waals surface area contributed by atoms with Crippen molar-refractivity contribution >= 4 is 38.5 Å². The number of nitrogens with zero attached hydrogens (tertiary/aromatic N) is 1. The first-order valence-corrected chi connectivity index (χ1v) is 4.14. The second-order valence-corrected chi connectivity index (χ2v) is 3.36. The Morgan fingerprint density at radius 2 is 2.27 bits per heavy atom. The Bertz CT molecular complexity index is 362. The fraction of sp³-hybridized carbons (Fsp3) is 0. The topological polar surface area (TPSA) is 26.0 Å². The van der Waals surface area contributed by atoms with E-state index in [0.717, 1.165) is 9.86 Å². The van der Waals surface area contributed by atoms with Gasteiger partial charge in [0.1, 0.15) is 0 Å². The Balaban J connectivity index is 2.96. The van der Waals surface area contributed by atoms with Crippen LogP contribution in [-0.2, 0) is 0 Å². The molecule has 1 aromatic carbocycles. The van der Waals surface area contributed by atoms with Gasteiger partial charge in [-0.3, -0.25) is 0 Å². The van der Waals surface area contributed by atoms with Gasteiger partial charge < -0.3 is 4.52 Å². The van der Waals surface area contributed by atoms with Gasteiger partial charge in [-0.1, -0.05) is 16.8 Å². The standard InChI is InChI=1S/C7H3BrClNO/c8-5-1-2-6(9)4-3-10-11-7(4)5/h1-3H. The van der Waals surface area contributed by atoms with Crippen LogP contribution in [0, 0.1) is 0 Å². The number of benzene rings is 1. The Morgan fingerprint density at radius 3 is 3.00 bits per heavy atom. The number of hydrogen-bond acceptors (Lipinski definition) is 2. The molecule has 0 bridgehead atoms. The molecule has 4 heteroatoms. The molecular weight excluding hydrogens is 229 g/mol. The highest BCUT2D eigenvalue weighted by Gasteiger charge is 2.05. The summed E-state index contributed by atoms with van der Waals surface area (Å²) in [5, 5.41) is 5.12. The molecule has 0 aliphatic heterocycles. The third kappa shape index (κ3) is 1.04. The van der Waals surface area contributed by atoms with E-state index < -0.39 is 0 Å². The quantitative estimate of drug-likeness (QED) is 0.697. The monoisotopic (exact) mass is 231 g/mol. The van der Waals surface area contributed by atoms with Gasteiger partial charge in [0.05, 0.1) is 21.1 Å². The zero-order chi connectivity index (χ0) is 7.84. The summed E-state index contributed by atoms with van der Waals surface area (Å²) in [5.41, 5.74) is 0.692. The van der Waals surface area contributed by atoms with E-state index in [-0.39, 0.29) is 0 Å². The average Bonchev–Trinajstić information content (AvgIpc) is 2.45. The summed E-state index contributed by atoms with van der Waals surface area (Å²) in [6, 6.07) is 3.63. The lowest BCUT2D eigenvalue weighted by Gasteiger charge is -1.91. The smallest absolute Gasteiger partial charge is 0.182 e. The van der Waals surface area contributed by atoms with Crippen LogP contribution in [0.25, 0.3) is 11.0 Å². The minimum absolute atomic E-state index is 0.657. The first-order valence-electron chi connectivity index (χ1n) is 2.97. The van der Waals surface area contributed by atoms with E-state index >= 15 is 0 Å². The number of halogens is 2. The van der Waals surface area contributed by atoms with Crippen LogP contribution in [0.5, 0.6) is 0 Å². The van der Waals surface area contributed by atoms with Crippen molar-refractivity contribution in [3.63, 3.8) is 0 Å². The van der Waals surface area contributed by atoms with Crippen molar-refractivity contribution in [1.29, 1.82) is 0 Å². The predicted octanol–water partition coefficient (Wildman–Crippen LogP) is 3.24. The van der Waals surface area contributed by atoms with Crippen LogP contribution in [-0.4, -0.2) is 5.16 Å². The first-order chi connectivity index (χ1) is 5.29. The molecule has 0 atom stereocenters. The van der Waals surface area contributed by atoms with Crippen molar-refractivity contribution < 1.29 is 4.52 Å². The highest BCUT2D eigenvalue weighted by molar-refractivity contribution is 9.10. The molecule has 0 amide bonds. The zero-order valence-corrected chi connectivity index (χ0v) is 7.69. The van der Waals surface area contributed by atoms with Crippen LogP contribution in [0.1, 0.15) is 0 Å². The fourth-order valence-corrected chi connectivity index (χ4v) is 1.51. The molecule has 0 aliphatic rings. The minimum atomic E-state index is 0.657. The van der Waals surface area contributed by atoms with E-state index in [1.165, 1.54) is 0 Å². The largest absolute Gasteiger partial charge is 0.355 e. The number of fused-ring (bicyclic) bond motifs is 1. The molecule has 0 saturated heterocycles. The summed E-state index contributed by atoms with van der Waals surface area (Å²) in [5.74, 6) is 0. The summed E-state index contributed by atoms with van der Waals surface area (Å²) in [7, 11) is 0. The van der Waals surface area contributed by atoms with Crippen molar-refractivity contribution in [1.82, 2.24) is 5.16 Å². The fourth-order valence-electron chi connectivity index (χ4n) is 0.894. The lowest BCUT2D eigenvalue weighted by molar-refractivity contribution is 0.455. The highest BCUT2D eigenvalue weighted by atomic mass is 79.9. The number of hydrogen-bond donors (Lipinski definition) is 0. The predicted molar refractivity (Wildman–Crippen MR) is 46.7 cm³/mol. The Morgan fingerprint density at radius 1 is 1.45 bits per heavy atom. The molecule has 0 N–H and O–H groups in total. The van der Waals surface area contributed by atoms with Crippen molar-refractivity contribution in [2.24, 2.45) is 0 Å². The third-order valence-corrected chi connectivity index (χ3v) is 2.37. The van der Waals surface area contributed by atoms with Gasteiger partial charge in [-0.15, -0.1) is 0 Å². The second-order valence-electron chi connectivity index (χ2n) is 2.10.